The van der Waals surface area contributed by atoms with E-state index in [9.17, 15) is 0 Å². The highest BCUT2D eigenvalue weighted by molar-refractivity contribution is 6.32. The monoisotopic (exact) mass is 286 g/mol. The first-order valence-electron chi connectivity index (χ1n) is 6.59. The average molecular weight is 287 g/mol. The van der Waals surface area contributed by atoms with Gasteiger partial charge in [-0.3, -0.25) is 0 Å². The number of aromatic nitrogens is 1. The topological polar surface area (TPSA) is 16.1 Å². The summed E-state index contributed by atoms with van der Waals surface area (Å²) < 4.78 is 0. The lowest BCUT2D eigenvalue weighted by Gasteiger charge is -2.25. The number of nitrogens with zero attached hydrogens (tertiary/aromatic N) is 2. The third kappa shape index (κ3) is 3.52. The highest BCUT2D eigenvalue weighted by Crippen LogP contribution is 2.32. The van der Waals surface area contributed by atoms with Crippen molar-refractivity contribution in [1.29, 1.82) is 0 Å². The van der Waals surface area contributed by atoms with Crippen molar-refractivity contribution in [2.24, 2.45) is 5.92 Å². The molecule has 0 atom stereocenters. The van der Waals surface area contributed by atoms with Crippen LogP contribution in [0.2, 0.25) is 5.02 Å². The highest BCUT2D eigenvalue weighted by atomic mass is 35.5. The normalized spacial score (nSPS) is 15.2. The van der Waals surface area contributed by atoms with E-state index in [0.717, 1.165) is 17.9 Å². The van der Waals surface area contributed by atoms with E-state index in [2.05, 4.69) is 23.7 Å². The van der Waals surface area contributed by atoms with Gasteiger partial charge in [-0.25, -0.2) is 4.98 Å². The van der Waals surface area contributed by atoms with Crippen LogP contribution < -0.4 is 4.90 Å². The van der Waals surface area contributed by atoms with E-state index in [-0.39, 0.29) is 0 Å². The highest BCUT2D eigenvalue weighted by Gasteiger charge is 2.30. The van der Waals surface area contributed by atoms with Crippen LogP contribution in [0.3, 0.4) is 0 Å². The first kappa shape index (κ1) is 14.0. The molecular weight excluding hydrogens is 267 g/mol. The number of alkyl halides is 1. The second kappa shape index (κ2) is 6.12. The molecule has 0 unspecified atom stereocenters. The first-order valence-corrected chi connectivity index (χ1v) is 7.50. The largest absolute Gasteiger partial charge is 0.354 e. The van der Waals surface area contributed by atoms with Crippen LogP contribution in [0.4, 0.5) is 5.82 Å². The molecular formula is C14H20Cl2N2. The molecule has 1 aliphatic carbocycles. The van der Waals surface area contributed by atoms with Gasteiger partial charge in [0.15, 0.2) is 0 Å². The van der Waals surface area contributed by atoms with Gasteiger partial charge in [-0.2, -0.15) is 0 Å². The Hall–Kier alpha value is -0.470. The van der Waals surface area contributed by atoms with Gasteiger partial charge in [0, 0.05) is 24.7 Å². The molecule has 2 rings (SSSR count). The first-order chi connectivity index (χ1) is 8.61. The van der Waals surface area contributed by atoms with Gasteiger partial charge in [-0.15, -0.1) is 11.6 Å². The maximum atomic E-state index is 6.06. The van der Waals surface area contributed by atoms with Crippen LogP contribution in [-0.4, -0.2) is 17.6 Å². The van der Waals surface area contributed by atoms with E-state index in [4.69, 9.17) is 23.2 Å². The number of anilines is 1. The van der Waals surface area contributed by atoms with Crippen molar-refractivity contribution in [1.82, 2.24) is 4.98 Å². The number of hydrogen-bond donors (Lipinski definition) is 0. The summed E-state index contributed by atoms with van der Waals surface area (Å²) >= 11 is 12.0. The zero-order valence-corrected chi connectivity index (χ0v) is 12.5. The van der Waals surface area contributed by atoms with Gasteiger partial charge in [-0.1, -0.05) is 25.4 Å². The van der Waals surface area contributed by atoms with Gasteiger partial charge in [-0.05, 0) is 36.8 Å². The molecule has 0 aromatic carbocycles. The van der Waals surface area contributed by atoms with Crippen LogP contribution in [0.15, 0.2) is 12.3 Å². The maximum Gasteiger partial charge on any atom is 0.129 e. The van der Waals surface area contributed by atoms with Crippen molar-refractivity contribution >= 4 is 29.0 Å². The number of rotatable bonds is 6. The summed E-state index contributed by atoms with van der Waals surface area (Å²) in [5.41, 5.74) is 0.971. The summed E-state index contributed by atoms with van der Waals surface area (Å²) in [6, 6.07) is 2.70. The van der Waals surface area contributed by atoms with E-state index in [1.807, 2.05) is 6.07 Å². The molecule has 1 saturated carbocycles. The Labute approximate surface area is 119 Å². The smallest absolute Gasteiger partial charge is 0.129 e. The van der Waals surface area contributed by atoms with E-state index >= 15 is 0 Å². The van der Waals surface area contributed by atoms with Gasteiger partial charge in [0.25, 0.3) is 0 Å². The second-order valence-electron chi connectivity index (χ2n) is 5.37. The van der Waals surface area contributed by atoms with Gasteiger partial charge in [0.1, 0.15) is 5.82 Å². The summed E-state index contributed by atoms with van der Waals surface area (Å²) in [4.78, 5) is 6.87. The van der Waals surface area contributed by atoms with Crippen LogP contribution in [0.5, 0.6) is 0 Å². The Morgan fingerprint density at radius 1 is 1.44 bits per heavy atom. The van der Waals surface area contributed by atoms with Gasteiger partial charge < -0.3 is 4.90 Å². The standard InChI is InChI=1S/C14H20Cl2N2/c1-10(2)5-6-18(12-3-4-12)14-7-11(8-15)13(16)9-17-14/h7,9-10,12H,3-6,8H2,1-2H3. The lowest BCUT2D eigenvalue weighted by molar-refractivity contribution is 0.568. The molecule has 0 saturated heterocycles. The molecule has 1 aliphatic rings. The summed E-state index contributed by atoms with van der Waals surface area (Å²) in [5, 5.41) is 0.661. The molecule has 1 aromatic heterocycles. The molecule has 0 N–H and O–H groups in total. The summed E-state index contributed by atoms with van der Waals surface area (Å²) in [7, 11) is 0. The molecule has 1 fully saturated rings. The molecule has 0 radical (unpaired) electrons. The third-order valence-electron chi connectivity index (χ3n) is 3.29. The lowest BCUT2D eigenvalue weighted by atomic mass is 10.1. The molecule has 18 heavy (non-hydrogen) atoms. The molecule has 0 aliphatic heterocycles. The zero-order valence-electron chi connectivity index (χ0n) is 11.0. The SMILES string of the molecule is CC(C)CCN(c1cc(CCl)c(Cl)cn1)C1CC1. The fraction of sp³-hybridized carbons (Fsp3) is 0.643. The summed E-state index contributed by atoms with van der Waals surface area (Å²) in [6.45, 7) is 5.58. The van der Waals surface area contributed by atoms with Gasteiger partial charge >= 0.3 is 0 Å². The Bertz CT molecular complexity index is 403. The van der Waals surface area contributed by atoms with Crippen LogP contribution in [0.25, 0.3) is 0 Å². The molecule has 4 heteroatoms. The molecule has 1 heterocycles. The van der Waals surface area contributed by atoms with Crippen molar-refractivity contribution in [3.8, 4) is 0 Å². The molecule has 1 aromatic rings. The number of halogens is 2. The van der Waals surface area contributed by atoms with Crippen LogP contribution >= 0.6 is 23.2 Å². The summed E-state index contributed by atoms with van der Waals surface area (Å²) in [6.07, 6.45) is 5.47. The van der Waals surface area contributed by atoms with E-state index in [1.54, 1.807) is 6.20 Å². The molecule has 0 spiro atoms. The van der Waals surface area contributed by atoms with Gasteiger partial charge in [0.05, 0.1) is 5.02 Å². The summed E-state index contributed by atoms with van der Waals surface area (Å²) in [5.74, 6) is 2.18. The van der Waals surface area contributed by atoms with Crippen LogP contribution in [-0.2, 0) is 5.88 Å². The Balaban J connectivity index is 2.14. The van der Waals surface area contributed by atoms with E-state index in [1.165, 1.54) is 19.3 Å². The van der Waals surface area contributed by atoms with E-state index < -0.39 is 0 Å². The molecule has 2 nitrogen and oxygen atoms in total. The molecule has 0 amide bonds. The van der Waals surface area contributed by atoms with Crippen LogP contribution in [0.1, 0.15) is 38.7 Å². The fourth-order valence-corrected chi connectivity index (χ4v) is 2.45. The number of hydrogen-bond acceptors (Lipinski definition) is 2. The van der Waals surface area contributed by atoms with Gasteiger partial charge in [0.2, 0.25) is 0 Å². The minimum atomic E-state index is 0.442. The minimum absolute atomic E-state index is 0.442. The molecule has 100 valence electrons. The Kier molecular flexibility index (Phi) is 4.74. The third-order valence-corrected chi connectivity index (χ3v) is 3.92. The van der Waals surface area contributed by atoms with Crippen molar-refractivity contribution in [2.75, 3.05) is 11.4 Å². The predicted molar refractivity (Wildman–Crippen MR) is 78.6 cm³/mol. The van der Waals surface area contributed by atoms with E-state index in [0.29, 0.717) is 22.9 Å². The average Bonchev–Trinajstić information content (AvgIpc) is 3.15. The van der Waals surface area contributed by atoms with Crippen molar-refractivity contribution < 1.29 is 0 Å². The molecule has 0 bridgehead atoms. The fourth-order valence-electron chi connectivity index (χ4n) is 1.99. The zero-order chi connectivity index (χ0) is 13.1. The Morgan fingerprint density at radius 3 is 2.72 bits per heavy atom. The van der Waals surface area contributed by atoms with Crippen molar-refractivity contribution in [3.63, 3.8) is 0 Å². The van der Waals surface area contributed by atoms with Crippen molar-refractivity contribution in [3.05, 3.63) is 22.8 Å². The number of pyridine rings is 1. The predicted octanol–water partition coefficient (Wildman–Crippen LogP) is 4.49. The van der Waals surface area contributed by atoms with Crippen molar-refractivity contribution in [2.45, 2.75) is 45.0 Å². The minimum Gasteiger partial charge on any atom is -0.354 e. The quantitative estimate of drug-likeness (QED) is 0.717. The lowest BCUT2D eigenvalue weighted by Crippen LogP contribution is -2.28. The second-order valence-corrected chi connectivity index (χ2v) is 6.05. The Morgan fingerprint density at radius 2 is 2.17 bits per heavy atom. The van der Waals surface area contributed by atoms with Crippen LogP contribution in [0, 0.1) is 5.92 Å². The maximum absolute atomic E-state index is 6.06.